The van der Waals surface area contributed by atoms with Gasteiger partial charge in [0.2, 0.25) is 5.91 Å². The van der Waals surface area contributed by atoms with Crippen molar-refractivity contribution in [2.45, 2.75) is 12.8 Å². The lowest BCUT2D eigenvalue weighted by Gasteiger charge is -2.13. The average molecular weight is 326 g/mol. The molecule has 0 atom stereocenters. The summed E-state index contributed by atoms with van der Waals surface area (Å²) in [6.45, 7) is 0. The smallest absolute Gasteiger partial charge is 0.224 e. The standard InChI is InChI=1S/C15H16ClNO3S/c1-19-13-9-12(14(20-2)8-11(13)16)17-15(18)6-5-10-4-3-7-21-10/h3-4,7-9H,5-6H2,1-2H3,(H,17,18). The number of rotatable bonds is 6. The zero-order valence-electron chi connectivity index (χ0n) is 11.8. The van der Waals surface area contributed by atoms with Gasteiger partial charge in [0.15, 0.2) is 0 Å². The summed E-state index contributed by atoms with van der Waals surface area (Å²) in [6.07, 6.45) is 1.13. The summed E-state index contributed by atoms with van der Waals surface area (Å²) in [5.74, 6) is 0.919. The molecule has 0 unspecified atom stereocenters. The molecular formula is C15H16ClNO3S. The third kappa shape index (κ3) is 4.12. The van der Waals surface area contributed by atoms with Crippen LogP contribution in [0.3, 0.4) is 0 Å². The predicted molar refractivity (Wildman–Crippen MR) is 85.8 cm³/mol. The normalized spacial score (nSPS) is 10.2. The van der Waals surface area contributed by atoms with Crippen LogP contribution in [0.4, 0.5) is 5.69 Å². The average Bonchev–Trinajstić information content (AvgIpc) is 2.99. The van der Waals surface area contributed by atoms with Gasteiger partial charge in [0.25, 0.3) is 0 Å². The van der Waals surface area contributed by atoms with Crippen molar-refractivity contribution in [1.29, 1.82) is 0 Å². The van der Waals surface area contributed by atoms with Crippen LogP contribution in [0.15, 0.2) is 29.6 Å². The number of aryl methyl sites for hydroxylation is 1. The molecule has 0 aliphatic heterocycles. The lowest BCUT2D eigenvalue weighted by Crippen LogP contribution is -2.13. The number of amides is 1. The fourth-order valence-corrected chi connectivity index (χ4v) is 2.80. The van der Waals surface area contributed by atoms with Crippen LogP contribution in [0.1, 0.15) is 11.3 Å². The Hall–Kier alpha value is -1.72. The zero-order valence-corrected chi connectivity index (χ0v) is 13.4. The first kappa shape index (κ1) is 15.7. The van der Waals surface area contributed by atoms with E-state index in [1.165, 1.54) is 19.1 Å². The third-order valence-electron chi connectivity index (χ3n) is 2.93. The number of methoxy groups -OCH3 is 2. The minimum atomic E-state index is -0.0777. The summed E-state index contributed by atoms with van der Waals surface area (Å²) in [5, 5.41) is 5.26. The van der Waals surface area contributed by atoms with Crippen molar-refractivity contribution in [2.24, 2.45) is 0 Å². The highest BCUT2D eigenvalue weighted by atomic mass is 35.5. The van der Waals surface area contributed by atoms with Crippen molar-refractivity contribution in [3.8, 4) is 11.5 Å². The van der Waals surface area contributed by atoms with E-state index in [2.05, 4.69) is 5.32 Å². The van der Waals surface area contributed by atoms with Gasteiger partial charge in [-0.3, -0.25) is 4.79 Å². The molecule has 1 aromatic carbocycles. The van der Waals surface area contributed by atoms with E-state index in [1.54, 1.807) is 23.5 Å². The molecule has 0 aliphatic rings. The summed E-state index contributed by atoms with van der Waals surface area (Å²) in [6, 6.07) is 7.27. The molecule has 0 aliphatic carbocycles. The van der Waals surface area contributed by atoms with Gasteiger partial charge >= 0.3 is 0 Å². The van der Waals surface area contributed by atoms with E-state index >= 15 is 0 Å². The van der Waals surface area contributed by atoms with Crippen LogP contribution in [-0.4, -0.2) is 20.1 Å². The number of nitrogens with one attached hydrogen (secondary N) is 1. The molecular weight excluding hydrogens is 310 g/mol. The number of ether oxygens (including phenoxy) is 2. The van der Waals surface area contributed by atoms with E-state index in [1.807, 2.05) is 17.5 Å². The molecule has 1 aromatic heterocycles. The molecule has 1 heterocycles. The van der Waals surface area contributed by atoms with Gasteiger partial charge in [-0.25, -0.2) is 0 Å². The summed E-state index contributed by atoms with van der Waals surface area (Å²) >= 11 is 7.67. The number of hydrogen-bond acceptors (Lipinski definition) is 4. The molecule has 0 fully saturated rings. The highest BCUT2D eigenvalue weighted by molar-refractivity contribution is 7.09. The van der Waals surface area contributed by atoms with Crippen LogP contribution >= 0.6 is 22.9 Å². The molecule has 0 saturated carbocycles. The van der Waals surface area contributed by atoms with E-state index in [0.29, 0.717) is 28.6 Å². The largest absolute Gasteiger partial charge is 0.495 e. The fraction of sp³-hybridized carbons (Fsp3) is 0.267. The molecule has 0 radical (unpaired) electrons. The predicted octanol–water partition coefficient (Wildman–Crippen LogP) is 3.99. The van der Waals surface area contributed by atoms with Crippen molar-refractivity contribution >= 4 is 34.5 Å². The second-order valence-electron chi connectivity index (χ2n) is 4.31. The highest BCUT2D eigenvalue weighted by Crippen LogP contribution is 2.35. The molecule has 2 aromatic rings. The van der Waals surface area contributed by atoms with Gasteiger partial charge in [-0.15, -0.1) is 11.3 Å². The first-order valence-corrected chi connectivity index (χ1v) is 7.63. The second kappa shape index (κ2) is 7.33. The number of carbonyl (C=O) groups excluding carboxylic acids is 1. The summed E-state index contributed by atoms with van der Waals surface area (Å²) < 4.78 is 10.4. The van der Waals surface area contributed by atoms with Crippen LogP contribution in [0, 0.1) is 0 Å². The van der Waals surface area contributed by atoms with Crippen LogP contribution < -0.4 is 14.8 Å². The van der Waals surface area contributed by atoms with Crippen LogP contribution in [-0.2, 0) is 11.2 Å². The summed E-state index contributed by atoms with van der Waals surface area (Å²) in [5.41, 5.74) is 0.551. The lowest BCUT2D eigenvalue weighted by molar-refractivity contribution is -0.116. The van der Waals surface area contributed by atoms with E-state index in [0.717, 1.165) is 6.42 Å². The van der Waals surface area contributed by atoms with E-state index < -0.39 is 0 Å². The lowest BCUT2D eigenvalue weighted by atomic mass is 10.2. The maximum atomic E-state index is 12.0. The topological polar surface area (TPSA) is 47.6 Å². The van der Waals surface area contributed by atoms with Gasteiger partial charge in [0, 0.05) is 23.4 Å². The minimum absolute atomic E-state index is 0.0777. The minimum Gasteiger partial charge on any atom is -0.495 e. The molecule has 0 spiro atoms. The first-order chi connectivity index (χ1) is 10.1. The van der Waals surface area contributed by atoms with E-state index in [4.69, 9.17) is 21.1 Å². The molecule has 6 heteroatoms. The van der Waals surface area contributed by atoms with E-state index in [9.17, 15) is 4.79 Å². The van der Waals surface area contributed by atoms with Gasteiger partial charge < -0.3 is 14.8 Å². The van der Waals surface area contributed by atoms with Crippen LogP contribution in [0.2, 0.25) is 5.02 Å². The monoisotopic (exact) mass is 325 g/mol. The molecule has 1 amide bonds. The van der Waals surface area contributed by atoms with Crippen molar-refractivity contribution in [1.82, 2.24) is 0 Å². The third-order valence-corrected chi connectivity index (χ3v) is 4.16. The van der Waals surface area contributed by atoms with Crippen LogP contribution in [0.25, 0.3) is 0 Å². The highest BCUT2D eigenvalue weighted by Gasteiger charge is 2.12. The Labute approximate surface area is 132 Å². The zero-order chi connectivity index (χ0) is 15.2. The molecule has 21 heavy (non-hydrogen) atoms. The number of anilines is 1. The Morgan fingerprint density at radius 3 is 2.67 bits per heavy atom. The molecule has 0 saturated heterocycles. The Balaban J connectivity index is 2.05. The number of halogens is 1. The maximum absolute atomic E-state index is 12.0. The number of thiophene rings is 1. The molecule has 2 rings (SSSR count). The number of carbonyl (C=O) groups is 1. The Morgan fingerprint density at radius 1 is 1.29 bits per heavy atom. The molecule has 1 N–H and O–H groups in total. The molecule has 112 valence electrons. The van der Waals surface area contributed by atoms with Crippen LogP contribution in [0.5, 0.6) is 11.5 Å². The number of hydrogen-bond donors (Lipinski definition) is 1. The summed E-state index contributed by atoms with van der Waals surface area (Å²) in [4.78, 5) is 13.2. The van der Waals surface area contributed by atoms with Crippen molar-refractivity contribution in [2.75, 3.05) is 19.5 Å². The van der Waals surface area contributed by atoms with Crippen molar-refractivity contribution < 1.29 is 14.3 Å². The van der Waals surface area contributed by atoms with Gasteiger partial charge in [0.05, 0.1) is 24.9 Å². The fourth-order valence-electron chi connectivity index (χ4n) is 1.86. The SMILES string of the molecule is COc1cc(NC(=O)CCc2cccs2)c(OC)cc1Cl. The second-order valence-corrected chi connectivity index (χ2v) is 5.75. The van der Waals surface area contributed by atoms with Crippen molar-refractivity contribution in [3.63, 3.8) is 0 Å². The molecule has 4 nitrogen and oxygen atoms in total. The Kier molecular flexibility index (Phi) is 5.47. The van der Waals surface area contributed by atoms with Gasteiger partial charge in [0.1, 0.15) is 11.5 Å². The Morgan fingerprint density at radius 2 is 2.05 bits per heavy atom. The first-order valence-electron chi connectivity index (χ1n) is 6.37. The maximum Gasteiger partial charge on any atom is 0.224 e. The number of benzene rings is 1. The Bertz CT molecular complexity index is 614. The van der Waals surface area contributed by atoms with Crippen molar-refractivity contribution in [3.05, 3.63) is 39.5 Å². The quantitative estimate of drug-likeness (QED) is 0.873. The summed E-state index contributed by atoms with van der Waals surface area (Å²) in [7, 11) is 3.05. The van der Waals surface area contributed by atoms with Gasteiger partial charge in [-0.2, -0.15) is 0 Å². The van der Waals surface area contributed by atoms with E-state index in [-0.39, 0.29) is 5.91 Å². The molecule has 0 bridgehead atoms. The van der Waals surface area contributed by atoms with Gasteiger partial charge in [-0.05, 0) is 17.9 Å². The van der Waals surface area contributed by atoms with Gasteiger partial charge in [-0.1, -0.05) is 17.7 Å².